The fourth-order valence-corrected chi connectivity index (χ4v) is 1.46. The van der Waals surface area contributed by atoms with Crippen LogP contribution in [0.15, 0.2) is 24.3 Å². The molecule has 0 bridgehead atoms. The van der Waals surface area contributed by atoms with Gasteiger partial charge in [0.05, 0.1) is 5.92 Å². The van der Waals surface area contributed by atoms with Crippen LogP contribution >= 0.6 is 0 Å². The first-order valence-corrected chi connectivity index (χ1v) is 5.71. The second-order valence-electron chi connectivity index (χ2n) is 4.87. The fraction of sp³-hybridized carbons (Fsp3) is 0.385. The Kier molecular flexibility index (Phi) is 3.96. The van der Waals surface area contributed by atoms with Gasteiger partial charge in [-0.2, -0.15) is 0 Å². The summed E-state index contributed by atoms with van der Waals surface area (Å²) >= 11 is 0. The minimum Gasteiger partial charge on any atom is -0.399 e. The molecule has 1 unspecified atom stereocenters. The van der Waals surface area contributed by atoms with Crippen molar-refractivity contribution in [3.63, 3.8) is 0 Å². The number of nitrogens with one attached hydrogen (secondary N) is 1. The lowest BCUT2D eigenvalue weighted by molar-refractivity contribution is -0.131. The molecule has 2 amide bonds. The molecule has 0 radical (unpaired) electrons. The van der Waals surface area contributed by atoms with Crippen LogP contribution in [0.4, 0.5) is 5.69 Å². The molecule has 5 heteroatoms. The predicted octanol–water partition coefficient (Wildman–Crippen LogP) is 0.752. The van der Waals surface area contributed by atoms with Gasteiger partial charge >= 0.3 is 0 Å². The van der Waals surface area contributed by atoms with Gasteiger partial charge in [0.15, 0.2) is 0 Å². The second-order valence-corrected chi connectivity index (χ2v) is 4.87. The van der Waals surface area contributed by atoms with E-state index in [4.69, 9.17) is 11.5 Å². The van der Waals surface area contributed by atoms with Crippen molar-refractivity contribution in [2.24, 2.45) is 5.73 Å². The number of hydrogen-bond acceptors (Lipinski definition) is 3. The average Bonchev–Trinajstić information content (AvgIpc) is 2.27. The molecular formula is C13H19N3O2. The van der Waals surface area contributed by atoms with E-state index < -0.39 is 17.4 Å². The van der Waals surface area contributed by atoms with Crippen LogP contribution in [-0.2, 0) is 9.59 Å². The van der Waals surface area contributed by atoms with Crippen LogP contribution < -0.4 is 16.8 Å². The van der Waals surface area contributed by atoms with Gasteiger partial charge in [0.1, 0.15) is 5.54 Å². The van der Waals surface area contributed by atoms with Crippen molar-refractivity contribution >= 4 is 17.5 Å². The number of carbonyl (C=O) groups is 2. The van der Waals surface area contributed by atoms with Crippen molar-refractivity contribution < 1.29 is 9.59 Å². The predicted molar refractivity (Wildman–Crippen MR) is 70.7 cm³/mol. The van der Waals surface area contributed by atoms with Crippen LogP contribution in [-0.4, -0.2) is 17.4 Å². The van der Waals surface area contributed by atoms with Gasteiger partial charge in [0.2, 0.25) is 11.8 Å². The van der Waals surface area contributed by atoms with Crippen molar-refractivity contribution in [2.75, 3.05) is 5.73 Å². The fourth-order valence-electron chi connectivity index (χ4n) is 1.46. The summed E-state index contributed by atoms with van der Waals surface area (Å²) in [5.41, 5.74) is 11.2. The average molecular weight is 249 g/mol. The van der Waals surface area contributed by atoms with Gasteiger partial charge in [-0.05, 0) is 38.5 Å². The van der Waals surface area contributed by atoms with Gasteiger partial charge in [-0.15, -0.1) is 0 Å². The van der Waals surface area contributed by atoms with Gasteiger partial charge in [-0.1, -0.05) is 12.1 Å². The highest BCUT2D eigenvalue weighted by Gasteiger charge is 2.29. The molecule has 0 aliphatic rings. The van der Waals surface area contributed by atoms with Crippen LogP contribution in [0.5, 0.6) is 0 Å². The van der Waals surface area contributed by atoms with E-state index in [0.717, 1.165) is 5.56 Å². The largest absolute Gasteiger partial charge is 0.399 e. The lowest BCUT2D eigenvalue weighted by Gasteiger charge is -2.24. The normalized spacial score (nSPS) is 12.8. The molecule has 0 saturated heterocycles. The second kappa shape index (κ2) is 5.08. The topological polar surface area (TPSA) is 98.2 Å². The van der Waals surface area contributed by atoms with Crippen molar-refractivity contribution in [3.05, 3.63) is 29.8 Å². The van der Waals surface area contributed by atoms with Crippen molar-refractivity contribution in [1.82, 2.24) is 5.32 Å². The van der Waals surface area contributed by atoms with Gasteiger partial charge in [0.25, 0.3) is 0 Å². The first-order valence-electron chi connectivity index (χ1n) is 5.71. The maximum atomic E-state index is 12.0. The standard InChI is InChI=1S/C13H19N3O2/c1-8(9-5-4-6-10(14)7-9)11(17)16-13(2,3)12(15)18/h4-8H,14H2,1-3H3,(H2,15,18)(H,16,17). The van der Waals surface area contributed by atoms with Crippen LogP contribution in [0.25, 0.3) is 0 Å². The van der Waals surface area contributed by atoms with E-state index in [2.05, 4.69) is 5.32 Å². The summed E-state index contributed by atoms with van der Waals surface area (Å²) in [6.07, 6.45) is 0. The molecule has 5 nitrogen and oxygen atoms in total. The Morgan fingerprint density at radius 1 is 1.33 bits per heavy atom. The third-order valence-electron chi connectivity index (χ3n) is 2.86. The molecule has 0 aromatic heterocycles. The molecule has 0 heterocycles. The van der Waals surface area contributed by atoms with Crippen LogP contribution in [0, 0.1) is 0 Å². The van der Waals surface area contributed by atoms with E-state index >= 15 is 0 Å². The highest BCUT2D eigenvalue weighted by Crippen LogP contribution is 2.18. The van der Waals surface area contributed by atoms with Crippen molar-refractivity contribution in [3.8, 4) is 0 Å². The summed E-state index contributed by atoms with van der Waals surface area (Å²) in [7, 11) is 0. The quantitative estimate of drug-likeness (QED) is 0.687. The Morgan fingerprint density at radius 3 is 2.44 bits per heavy atom. The van der Waals surface area contributed by atoms with E-state index in [1.54, 1.807) is 39.0 Å². The molecule has 0 spiro atoms. The number of amides is 2. The van der Waals surface area contributed by atoms with Gasteiger partial charge in [-0.3, -0.25) is 9.59 Å². The van der Waals surface area contributed by atoms with E-state index in [9.17, 15) is 9.59 Å². The Hall–Kier alpha value is -2.04. The summed E-state index contributed by atoms with van der Waals surface area (Å²) in [6.45, 7) is 4.89. The molecule has 0 fully saturated rings. The number of carbonyl (C=O) groups excluding carboxylic acids is 2. The van der Waals surface area contributed by atoms with Gasteiger partial charge in [0, 0.05) is 5.69 Å². The highest BCUT2D eigenvalue weighted by molar-refractivity contribution is 5.92. The smallest absolute Gasteiger partial charge is 0.242 e. The molecular weight excluding hydrogens is 230 g/mol. The molecule has 5 N–H and O–H groups in total. The maximum Gasteiger partial charge on any atom is 0.242 e. The minimum absolute atomic E-state index is 0.260. The Labute approximate surface area is 107 Å². The molecule has 18 heavy (non-hydrogen) atoms. The Balaban J connectivity index is 2.82. The number of nitrogen functional groups attached to an aromatic ring is 1. The molecule has 0 saturated carbocycles. The van der Waals surface area contributed by atoms with E-state index in [0.29, 0.717) is 5.69 Å². The van der Waals surface area contributed by atoms with Crippen LogP contribution in [0.2, 0.25) is 0 Å². The SMILES string of the molecule is CC(C(=O)NC(C)(C)C(N)=O)c1cccc(N)c1. The highest BCUT2D eigenvalue weighted by atomic mass is 16.2. The van der Waals surface area contributed by atoms with Gasteiger partial charge in [-0.25, -0.2) is 0 Å². The monoisotopic (exact) mass is 249 g/mol. The number of nitrogens with two attached hydrogens (primary N) is 2. The van der Waals surface area contributed by atoms with E-state index in [1.165, 1.54) is 0 Å². The number of hydrogen-bond donors (Lipinski definition) is 3. The van der Waals surface area contributed by atoms with Crippen molar-refractivity contribution in [2.45, 2.75) is 32.2 Å². The molecule has 98 valence electrons. The lowest BCUT2D eigenvalue weighted by atomic mass is 9.97. The summed E-state index contributed by atoms with van der Waals surface area (Å²) in [5, 5.41) is 2.62. The number of anilines is 1. The zero-order valence-electron chi connectivity index (χ0n) is 10.9. The molecule has 0 aliphatic heterocycles. The molecule has 1 aromatic rings. The molecule has 1 atom stereocenters. The Morgan fingerprint density at radius 2 is 1.94 bits per heavy atom. The number of rotatable bonds is 4. The summed E-state index contributed by atoms with van der Waals surface area (Å²) in [6, 6.07) is 7.09. The van der Waals surface area contributed by atoms with E-state index in [-0.39, 0.29) is 5.91 Å². The molecule has 0 aliphatic carbocycles. The number of primary amides is 1. The zero-order valence-corrected chi connectivity index (χ0v) is 10.9. The number of benzene rings is 1. The first kappa shape index (κ1) is 14.0. The maximum absolute atomic E-state index is 12.0. The third-order valence-corrected chi connectivity index (χ3v) is 2.86. The third kappa shape index (κ3) is 3.23. The van der Waals surface area contributed by atoms with Crippen molar-refractivity contribution in [1.29, 1.82) is 0 Å². The summed E-state index contributed by atoms with van der Waals surface area (Å²) in [4.78, 5) is 23.2. The summed E-state index contributed by atoms with van der Waals surface area (Å²) in [5.74, 6) is -1.23. The zero-order chi connectivity index (χ0) is 13.9. The Bertz CT molecular complexity index is 469. The first-order chi connectivity index (χ1) is 8.24. The summed E-state index contributed by atoms with van der Waals surface area (Å²) < 4.78 is 0. The molecule has 1 rings (SSSR count). The minimum atomic E-state index is -1.06. The lowest BCUT2D eigenvalue weighted by Crippen LogP contribution is -2.53. The van der Waals surface area contributed by atoms with Gasteiger partial charge < -0.3 is 16.8 Å². The van der Waals surface area contributed by atoms with Crippen LogP contribution in [0.3, 0.4) is 0 Å². The van der Waals surface area contributed by atoms with Crippen LogP contribution in [0.1, 0.15) is 32.3 Å². The molecule has 1 aromatic carbocycles. The van der Waals surface area contributed by atoms with E-state index in [1.807, 2.05) is 6.07 Å².